The molecule has 1 aromatic carbocycles. The van der Waals surface area contributed by atoms with Crippen LogP contribution in [0.25, 0.3) is 0 Å². The number of ketones is 1. The van der Waals surface area contributed by atoms with Crippen molar-refractivity contribution < 1.29 is 9.21 Å². The molecule has 1 aromatic heterocycles. The topological polar surface area (TPSA) is 30.2 Å². The van der Waals surface area contributed by atoms with Crippen molar-refractivity contribution >= 4 is 21.7 Å². The van der Waals surface area contributed by atoms with Gasteiger partial charge in [0.1, 0.15) is 0 Å². The van der Waals surface area contributed by atoms with Gasteiger partial charge >= 0.3 is 0 Å². The molecule has 0 bridgehead atoms. The average Bonchev–Trinajstić information content (AvgIpc) is 3.07. The first-order chi connectivity index (χ1) is 8.22. The van der Waals surface area contributed by atoms with Crippen LogP contribution in [0.5, 0.6) is 0 Å². The number of carbonyl (C=O) groups is 1. The van der Waals surface area contributed by atoms with Gasteiger partial charge in [-0.15, -0.1) is 0 Å². The fraction of sp³-hybridized carbons (Fsp3) is 0.214. The van der Waals surface area contributed by atoms with E-state index in [0.29, 0.717) is 10.4 Å². The van der Waals surface area contributed by atoms with Gasteiger partial charge in [-0.1, -0.05) is 30.3 Å². The number of hydrogen-bond donors (Lipinski definition) is 0. The molecule has 0 N–H and O–H groups in total. The van der Waals surface area contributed by atoms with E-state index in [0.717, 1.165) is 18.4 Å². The van der Waals surface area contributed by atoms with Crippen molar-refractivity contribution in [3.05, 3.63) is 58.5 Å². The molecule has 17 heavy (non-hydrogen) atoms. The van der Waals surface area contributed by atoms with Crippen molar-refractivity contribution in [3.63, 3.8) is 0 Å². The molecule has 0 saturated heterocycles. The standard InChI is InChI=1S/C14H11BrO2/c15-12-7-6-11(17-12)13(16)14(8-9-14)10-4-2-1-3-5-10/h1-7H,8-9H2. The summed E-state index contributed by atoms with van der Waals surface area (Å²) >= 11 is 3.22. The largest absolute Gasteiger partial charge is 0.446 e. The number of hydrogen-bond acceptors (Lipinski definition) is 2. The van der Waals surface area contributed by atoms with Gasteiger partial charge in [0.25, 0.3) is 0 Å². The minimum atomic E-state index is -0.335. The maximum atomic E-state index is 12.4. The third-order valence-corrected chi connectivity index (χ3v) is 3.73. The Morgan fingerprint density at radius 1 is 1.12 bits per heavy atom. The Bertz CT molecular complexity index is 553. The number of carbonyl (C=O) groups excluding carboxylic acids is 1. The van der Waals surface area contributed by atoms with Crippen LogP contribution in [-0.2, 0) is 5.41 Å². The SMILES string of the molecule is O=C(c1ccc(Br)o1)C1(c2ccccc2)CC1. The second-order valence-electron chi connectivity index (χ2n) is 4.38. The summed E-state index contributed by atoms with van der Waals surface area (Å²) in [6, 6.07) is 13.4. The zero-order valence-electron chi connectivity index (χ0n) is 9.15. The van der Waals surface area contributed by atoms with Crippen LogP contribution in [0.3, 0.4) is 0 Å². The minimum Gasteiger partial charge on any atom is -0.446 e. The van der Waals surface area contributed by atoms with E-state index in [2.05, 4.69) is 15.9 Å². The van der Waals surface area contributed by atoms with Crippen molar-refractivity contribution in [1.82, 2.24) is 0 Å². The van der Waals surface area contributed by atoms with Crippen LogP contribution in [0, 0.1) is 0 Å². The molecule has 0 spiro atoms. The number of halogens is 1. The van der Waals surface area contributed by atoms with Gasteiger partial charge in [0.2, 0.25) is 5.78 Å². The molecular weight excluding hydrogens is 280 g/mol. The molecule has 1 fully saturated rings. The summed E-state index contributed by atoms with van der Waals surface area (Å²) in [5.41, 5.74) is 0.760. The predicted octanol–water partition coefficient (Wildman–Crippen LogP) is 3.96. The van der Waals surface area contributed by atoms with Crippen molar-refractivity contribution in [1.29, 1.82) is 0 Å². The van der Waals surface area contributed by atoms with Gasteiger partial charge in [0.15, 0.2) is 10.4 Å². The zero-order valence-corrected chi connectivity index (χ0v) is 10.7. The Balaban J connectivity index is 1.97. The van der Waals surface area contributed by atoms with Crippen molar-refractivity contribution in [3.8, 4) is 0 Å². The maximum absolute atomic E-state index is 12.4. The predicted molar refractivity (Wildman–Crippen MR) is 68.1 cm³/mol. The summed E-state index contributed by atoms with van der Waals surface area (Å²) in [4.78, 5) is 12.4. The zero-order chi connectivity index (χ0) is 11.9. The molecule has 1 aliphatic rings. The molecule has 1 aliphatic carbocycles. The molecule has 3 heteroatoms. The second kappa shape index (κ2) is 3.84. The summed E-state index contributed by atoms with van der Waals surface area (Å²) < 4.78 is 5.96. The van der Waals surface area contributed by atoms with Crippen LogP contribution < -0.4 is 0 Å². The summed E-state index contributed by atoms with van der Waals surface area (Å²) in [6.07, 6.45) is 1.82. The highest BCUT2D eigenvalue weighted by Crippen LogP contribution is 2.50. The number of benzene rings is 1. The number of Topliss-reactive ketones (excluding diaryl/α,β-unsaturated/α-hetero) is 1. The molecule has 2 nitrogen and oxygen atoms in total. The lowest BCUT2D eigenvalue weighted by atomic mass is 9.90. The third-order valence-electron chi connectivity index (χ3n) is 3.31. The third kappa shape index (κ3) is 1.75. The van der Waals surface area contributed by atoms with Crippen LogP contribution in [0.15, 0.2) is 51.6 Å². The van der Waals surface area contributed by atoms with Crippen LogP contribution in [0.2, 0.25) is 0 Å². The highest BCUT2D eigenvalue weighted by molar-refractivity contribution is 9.10. The van der Waals surface area contributed by atoms with E-state index >= 15 is 0 Å². The average molecular weight is 291 g/mol. The number of rotatable bonds is 3. The molecule has 1 saturated carbocycles. The van der Waals surface area contributed by atoms with E-state index in [1.54, 1.807) is 12.1 Å². The smallest absolute Gasteiger partial charge is 0.208 e. The van der Waals surface area contributed by atoms with E-state index in [9.17, 15) is 4.79 Å². The molecule has 86 valence electrons. The minimum absolute atomic E-state index is 0.0920. The van der Waals surface area contributed by atoms with Crippen molar-refractivity contribution in [2.75, 3.05) is 0 Å². The molecular formula is C14H11BrO2. The van der Waals surface area contributed by atoms with Gasteiger partial charge in [-0.2, -0.15) is 0 Å². The van der Waals surface area contributed by atoms with Gasteiger partial charge in [-0.25, -0.2) is 0 Å². The summed E-state index contributed by atoms with van der Waals surface area (Å²) in [7, 11) is 0. The Morgan fingerprint density at radius 2 is 1.82 bits per heavy atom. The molecule has 0 unspecified atom stereocenters. The van der Waals surface area contributed by atoms with Crippen molar-refractivity contribution in [2.45, 2.75) is 18.3 Å². The Labute approximate surface area is 108 Å². The Kier molecular flexibility index (Phi) is 2.44. The second-order valence-corrected chi connectivity index (χ2v) is 5.16. The molecule has 0 aliphatic heterocycles. The molecule has 0 atom stereocenters. The summed E-state index contributed by atoms with van der Waals surface area (Å²) in [6.45, 7) is 0. The van der Waals surface area contributed by atoms with E-state index < -0.39 is 0 Å². The van der Waals surface area contributed by atoms with Crippen molar-refractivity contribution in [2.24, 2.45) is 0 Å². The Morgan fingerprint density at radius 3 is 2.35 bits per heavy atom. The molecule has 1 heterocycles. The number of furan rings is 1. The fourth-order valence-corrected chi connectivity index (χ4v) is 2.51. The summed E-state index contributed by atoms with van der Waals surface area (Å²) in [5, 5.41) is 0. The fourth-order valence-electron chi connectivity index (χ4n) is 2.20. The first-order valence-corrected chi connectivity index (χ1v) is 6.37. The van der Waals surface area contributed by atoms with E-state index in [-0.39, 0.29) is 11.2 Å². The van der Waals surface area contributed by atoms with Gasteiger partial charge in [0, 0.05) is 0 Å². The molecule has 0 radical (unpaired) electrons. The van der Waals surface area contributed by atoms with Gasteiger partial charge in [0.05, 0.1) is 5.41 Å². The first kappa shape index (κ1) is 10.8. The van der Waals surface area contributed by atoms with Crippen LogP contribution in [0.4, 0.5) is 0 Å². The Hall–Kier alpha value is -1.35. The molecule has 3 rings (SSSR count). The van der Waals surface area contributed by atoms with Crippen LogP contribution in [-0.4, -0.2) is 5.78 Å². The lowest BCUT2D eigenvalue weighted by molar-refractivity contribution is 0.0917. The van der Waals surface area contributed by atoms with E-state index in [1.165, 1.54) is 0 Å². The first-order valence-electron chi connectivity index (χ1n) is 5.58. The van der Waals surface area contributed by atoms with Gasteiger partial charge in [-0.05, 0) is 46.5 Å². The highest BCUT2D eigenvalue weighted by atomic mass is 79.9. The van der Waals surface area contributed by atoms with E-state index in [1.807, 2.05) is 30.3 Å². The quantitative estimate of drug-likeness (QED) is 0.801. The molecule has 0 amide bonds. The highest BCUT2D eigenvalue weighted by Gasteiger charge is 2.52. The monoisotopic (exact) mass is 290 g/mol. The van der Waals surface area contributed by atoms with Gasteiger partial charge in [-0.3, -0.25) is 4.79 Å². The lowest BCUT2D eigenvalue weighted by Crippen LogP contribution is -2.19. The molecule has 2 aromatic rings. The lowest BCUT2D eigenvalue weighted by Gasteiger charge is -2.12. The van der Waals surface area contributed by atoms with Crippen LogP contribution >= 0.6 is 15.9 Å². The van der Waals surface area contributed by atoms with Gasteiger partial charge < -0.3 is 4.42 Å². The van der Waals surface area contributed by atoms with E-state index in [4.69, 9.17) is 4.42 Å². The summed E-state index contributed by atoms with van der Waals surface area (Å²) in [5.74, 6) is 0.535. The van der Waals surface area contributed by atoms with Crippen LogP contribution in [0.1, 0.15) is 29.0 Å². The normalized spacial score (nSPS) is 16.8. The maximum Gasteiger partial charge on any atom is 0.208 e.